The lowest BCUT2D eigenvalue weighted by Crippen LogP contribution is -1.98. The van der Waals surface area contributed by atoms with Crippen LogP contribution in [0.4, 0.5) is 0 Å². The lowest BCUT2D eigenvalue weighted by molar-refractivity contribution is 0.342. The topological polar surface area (TPSA) is 18.5 Å². The Bertz CT molecular complexity index is 1550. The Labute approximate surface area is 228 Å². The molecule has 4 heteroatoms. The van der Waals surface area contributed by atoms with E-state index in [9.17, 15) is 0 Å². The fourth-order valence-electron chi connectivity index (χ4n) is 4.90. The molecule has 37 heavy (non-hydrogen) atoms. The Morgan fingerprint density at radius 3 is 1.59 bits per heavy atom. The van der Waals surface area contributed by atoms with Crippen LogP contribution in [0.2, 0.25) is 0 Å². The number of fused-ring (bicyclic) bond motifs is 2. The molecule has 0 N–H and O–H groups in total. The molecule has 0 saturated carbocycles. The third kappa shape index (κ3) is 5.32. The van der Waals surface area contributed by atoms with Gasteiger partial charge < -0.3 is 9.47 Å². The molecule has 0 aliphatic carbocycles. The van der Waals surface area contributed by atoms with Crippen LogP contribution in [0.5, 0.6) is 11.5 Å². The smallest absolute Gasteiger partial charge is 0.135 e. The van der Waals surface area contributed by atoms with Crippen molar-refractivity contribution in [1.82, 2.24) is 0 Å². The van der Waals surface area contributed by atoms with Crippen LogP contribution in [0.15, 0.2) is 98.4 Å². The molecule has 0 atom stereocenters. The quantitative estimate of drug-likeness (QED) is 0.188. The fraction of sp³-hybridized carbons (Fsp3) is 0.212. The summed E-state index contributed by atoms with van der Waals surface area (Å²) in [4.78, 5) is 4.99. The van der Waals surface area contributed by atoms with Gasteiger partial charge in [-0.2, -0.15) is 0 Å². The first kappa shape index (κ1) is 25.6. The summed E-state index contributed by atoms with van der Waals surface area (Å²) in [6.45, 7) is 11.9. The van der Waals surface area contributed by atoms with Crippen molar-refractivity contribution in [3.63, 3.8) is 0 Å². The highest BCUT2D eigenvalue weighted by Crippen LogP contribution is 2.45. The standard InChI is InChI=1S/C33H32O2S2/c1-6-34-31-27-10-8-9-11-28(27)32(35-7-2)30-20-26(16-17-29(30)31)36-24-12-14-25(15-13-24)37-33-22(4)18-21(3)19-23(33)5/h8-20H,6-7H2,1-5H3. The summed E-state index contributed by atoms with van der Waals surface area (Å²) in [5.41, 5.74) is 3.98. The van der Waals surface area contributed by atoms with Crippen molar-refractivity contribution in [1.29, 1.82) is 0 Å². The van der Waals surface area contributed by atoms with E-state index in [4.69, 9.17) is 9.47 Å². The van der Waals surface area contributed by atoms with Gasteiger partial charge in [-0.05, 0) is 88.2 Å². The van der Waals surface area contributed by atoms with Gasteiger partial charge in [-0.1, -0.05) is 65.5 Å². The first-order valence-electron chi connectivity index (χ1n) is 12.8. The highest BCUT2D eigenvalue weighted by atomic mass is 32.2. The van der Waals surface area contributed by atoms with E-state index in [0.717, 1.165) is 33.0 Å². The Balaban J connectivity index is 1.47. The maximum absolute atomic E-state index is 6.20. The van der Waals surface area contributed by atoms with Crippen LogP contribution >= 0.6 is 23.5 Å². The summed E-state index contributed by atoms with van der Waals surface area (Å²) < 4.78 is 12.3. The van der Waals surface area contributed by atoms with E-state index in [0.29, 0.717) is 13.2 Å². The van der Waals surface area contributed by atoms with Gasteiger partial charge in [-0.25, -0.2) is 0 Å². The number of benzene rings is 5. The lowest BCUT2D eigenvalue weighted by atomic mass is 10.0. The number of hydrogen-bond donors (Lipinski definition) is 0. The van der Waals surface area contributed by atoms with Gasteiger partial charge in [0.15, 0.2) is 0 Å². The average molecular weight is 525 g/mol. The second kappa shape index (κ2) is 11.1. The van der Waals surface area contributed by atoms with Gasteiger partial charge in [0.25, 0.3) is 0 Å². The zero-order chi connectivity index (χ0) is 25.9. The van der Waals surface area contributed by atoms with Crippen LogP contribution in [0.25, 0.3) is 21.5 Å². The minimum atomic E-state index is 0.615. The minimum absolute atomic E-state index is 0.615. The van der Waals surface area contributed by atoms with E-state index in [-0.39, 0.29) is 0 Å². The molecule has 5 rings (SSSR count). The van der Waals surface area contributed by atoms with E-state index >= 15 is 0 Å². The summed E-state index contributed by atoms with van der Waals surface area (Å²) in [7, 11) is 0. The van der Waals surface area contributed by atoms with Crippen LogP contribution in [0.1, 0.15) is 30.5 Å². The number of rotatable bonds is 8. The molecule has 0 bridgehead atoms. The summed E-state index contributed by atoms with van der Waals surface area (Å²) >= 11 is 3.61. The third-order valence-electron chi connectivity index (χ3n) is 6.36. The normalized spacial score (nSPS) is 11.3. The molecule has 0 radical (unpaired) electrons. The predicted octanol–water partition coefficient (Wildman–Crippen LogP) is 10.0. The predicted molar refractivity (Wildman–Crippen MR) is 159 cm³/mol. The van der Waals surface area contributed by atoms with Gasteiger partial charge in [0.1, 0.15) is 11.5 Å². The molecule has 5 aromatic carbocycles. The van der Waals surface area contributed by atoms with Gasteiger partial charge in [-0.3, -0.25) is 0 Å². The average Bonchev–Trinajstić information content (AvgIpc) is 2.89. The molecule has 0 aliphatic rings. The van der Waals surface area contributed by atoms with Crippen molar-refractivity contribution in [3.05, 3.63) is 95.6 Å². The molecular formula is C33H32O2S2. The summed E-state index contributed by atoms with van der Waals surface area (Å²) in [6, 6.07) is 28.3. The van der Waals surface area contributed by atoms with Gasteiger partial charge in [0, 0.05) is 41.1 Å². The molecule has 0 heterocycles. The molecule has 0 unspecified atom stereocenters. The van der Waals surface area contributed by atoms with Crippen molar-refractivity contribution in [2.24, 2.45) is 0 Å². The Morgan fingerprint density at radius 1 is 0.541 bits per heavy atom. The Hall–Kier alpha value is -3.08. The van der Waals surface area contributed by atoms with E-state index in [2.05, 4.69) is 99.6 Å². The zero-order valence-corrected chi connectivity index (χ0v) is 23.7. The molecule has 0 spiro atoms. The highest BCUT2D eigenvalue weighted by Gasteiger charge is 2.16. The number of hydrogen-bond acceptors (Lipinski definition) is 4. The van der Waals surface area contributed by atoms with E-state index in [1.807, 2.05) is 25.6 Å². The van der Waals surface area contributed by atoms with Crippen molar-refractivity contribution in [2.75, 3.05) is 13.2 Å². The first-order chi connectivity index (χ1) is 18.0. The van der Waals surface area contributed by atoms with Crippen molar-refractivity contribution < 1.29 is 9.47 Å². The molecular weight excluding hydrogens is 492 g/mol. The summed E-state index contributed by atoms with van der Waals surface area (Å²) in [5, 5.41) is 4.36. The third-order valence-corrected chi connectivity index (χ3v) is 8.71. The second-order valence-electron chi connectivity index (χ2n) is 9.18. The van der Waals surface area contributed by atoms with E-state index < -0.39 is 0 Å². The second-order valence-corrected chi connectivity index (χ2v) is 11.4. The van der Waals surface area contributed by atoms with Gasteiger partial charge in [-0.15, -0.1) is 0 Å². The largest absolute Gasteiger partial charge is 0.493 e. The number of aryl methyl sites for hydroxylation is 3. The summed E-state index contributed by atoms with van der Waals surface area (Å²) in [5.74, 6) is 1.85. The van der Waals surface area contributed by atoms with Crippen LogP contribution in [0.3, 0.4) is 0 Å². The van der Waals surface area contributed by atoms with Crippen molar-refractivity contribution >= 4 is 45.1 Å². The molecule has 188 valence electrons. The maximum atomic E-state index is 6.20. The van der Waals surface area contributed by atoms with Gasteiger partial charge in [0.2, 0.25) is 0 Å². The van der Waals surface area contributed by atoms with Gasteiger partial charge in [0.05, 0.1) is 13.2 Å². The Morgan fingerprint density at radius 2 is 1.03 bits per heavy atom. The molecule has 0 amide bonds. The van der Waals surface area contributed by atoms with E-state index in [1.54, 1.807) is 11.8 Å². The number of ether oxygens (including phenoxy) is 2. The molecule has 5 aromatic rings. The zero-order valence-electron chi connectivity index (χ0n) is 22.1. The molecule has 0 aromatic heterocycles. The van der Waals surface area contributed by atoms with Crippen LogP contribution in [-0.2, 0) is 0 Å². The van der Waals surface area contributed by atoms with Crippen molar-refractivity contribution in [2.45, 2.75) is 54.2 Å². The monoisotopic (exact) mass is 524 g/mol. The molecule has 2 nitrogen and oxygen atoms in total. The maximum Gasteiger partial charge on any atom is 0.135 e. The van der Waals surface area contributed by atoms with Crippen LogP contribution in [0, 0.1) is 20.8 Å². The summed E-state index contributed by atoms with van der Waals surface area (Å²) in [6.07, 6.45) is 0. The van der Waals surface area contributed by atoms with Crippen LogP contribution < -0.4 is 9.47 Å². The lowest BCUT2D eigenvalue weighted by Gasteiger charge is -2.17. The highest BCUT2D eigenvalue weighted by molar-refractivity contribution is 7.99. The van der Waals surface area contributed by atoms with E-state index in [1.165, 1.54) is 36.3 Å². The van der Waals surface area contributed by atoms with Gasteiger partial charge >= 0.3 is 0 Å². The Kier molecular flexibility index (Phi) is 7.68. The molecule has 0 fully saturated rings. The fourth-order valence-corrected chi connectivity index (χ4v) is 6.70. The van der Waals surface area contributed by atoms with Crippen LogP contribution in [-0.4, -0.2) is 13.2 Å². The SMILES string of the molecule is CCOc1c2ccccc2c(OCC)c2cc(Sc3ccc(Sc4c(C)cc(C)cc4C)cc3)ccc12. The van der Waals surface area contributed by atoms with Crippen molar-refractivity contribution in [3.8, 4) is 11.5 Å². The minimum Gasteiger partial charge on any atom is -0.493 e. The first-order valence-corrected chi connectivity index (χ1v) is 14.4. The molecule has 0 saturated heterocycles. The molecule has 0 aliphatic heterocycles.